The highest BCUT2D eigenvalue weighted by Crippen LogP contribution is 2.54. The van der Waals surface area contributed by atoms with Gasteiger partial charge in [-0.05, 0) is 46.0 Å². The minimum atomic E-state index is -0.805. The molecule has 0 aromatic heterocycles. The molecule has 0 aromatic rings. The highest BCUT2D eigenvalue weighted by Gasteiger charge is 2.56. The molecule has 1 fully saturated rings. The lowest BCUT2D eigenvalue weighted by atomic mass is 9.71. The SMILES string of the molecule is CO[C@@H]1C[C@H](O)C2=C(C[C@@H]3[C@@H](C(C)(C)O)CC[C@]3(C)O2)C1=O. The van der Waals surface area contributed by atoms with Crippen LogP contribution in [0.2, 0.25) is 0 Å². The first kappa shape index (κ1) is 16.0. The lowest BCUT2D eigenvalue weighted by Gasteiger charge is -2.45. The zero-order valence-corrected chi connectivity index (χ0v) is 13.8. The first-order valence-corrected chi connectivity index (χ1v) is 8.07. The molecule has 0 saturated heterocycles. The Morgan fingerprint density at radius 3 is 2.68 bits per heavy atom. The number of fused-ring (bicyclic) bond motifs is 1. The Morgan fingerprint density at radius 2 is 2.09 bits per heavy atom. The van der Waals surface area contributed by atoms with E-state index in [1.807, 2.05) is 20.8 Å². The maximum Gasteiger partial charge on any atom is 0.191 e. The van der Waals surface area contributed by atoms with Crippen LogP contribution in [0, 0.1) is 11.8 Å². The minimum Gasteiger partial charge on any atom is -0.488 e. The summed E-state index contributed by atoms with van der Waals surface area (Å²) in [6.45, 7) is 5.68. The molecule has 2 aliphatic carbocycles. The number of carbonyl (C=O) groups is 1. The van der Waals surface area contributed by atoms with Crippen LogP contribution in [0.25, 0.3) is 0 Å². The van der Waals surface area contributed by atoms with Crippen molar-refractivity contribution in [2.45, 2.75) is 69.9 Å². The summed E-state index contributed by atoms with van der Waals surface area (Å²) in [6, 6.07) is 0. The molecule has 0 amide bonds. The van der Waals surface area contributed by atoms with Gasteiger partial charge in [-0.1, -0.05) is 0 Å². The molecule has 0 unspecified atom stereocenters. The molecule has 1 heterocycles. The van der Waals surface area contributed by atoms with Crippen molar-refractivity contribution < 1.29 is 24.5 Å². The highest BCUT2D eigenvalue weighted by molar-refractivity contribution is 6.00. The number of rotatable bonds is 2. The van der Waals surface area contributed by atoms with Crippen LogP contribution in [-0.2, 0) is 14.3 Å². The average molecular weight is 310 g/mol. The van der Waals surface area contributed by atoms with Gasteiger partial charge in [-0.2, -0.15) is 0 Å². The van der Waals surface area contributed by atoms with E-state index in [1.165, 1.54) is 7.11 Å². The normalized spacial score (nSPS) is 42.0. The number of hydrogen-bond acceptors (Lipinski definition) is 5. The van der Waals surface area contributed by atoms with Gasteiger partial charge in [-0.25, -0.2) is 0 Å². The van der Waals surface area contributed by atoms with Gasteiger partial charge in [0.15, 0.2) is 5.78 Å². The summed E-state index contributed by atoms with van der Waals surface area (Å²) in [4.78, 5) is 12.5. The lowest BCUT2D eigenvalue weighted by Crippen LogP contribution is -2.49. The first-order valence-electron chi connectivity index (χ1n) is 8.07. The molecule has 3 aliphatic rings. The maximum atomic E-state index is 12.5. The van der Waals surface area contributed by atoms with Gasteiger partial charge in [0.25, 0.3) is 0 Å². The average Bonchev–Trinajstić information content (AvgIpc) is 2.77. The maximum absolute atomic E-state index is 12.5. The predicted octanol–water partition coefficient (Wildman–Crippen LogP) is 1.57. The van der Waals surface area contributed by atoms with Crippen LogP contribution in [0.4, 0.5) is 0 Å². The van der Waals surface area contributed by atoms with Crippen LogP contribution in [0.15, 0.2) is 11.3 Å². The third kappa shape index (κ3) is 2.30. The summed E-state index contributed by atoms with van der Waals surface area (Å²) in [7, 11) is 1.49. The van der Waals surface area contributed by atoms with Gasteiger partial charge in [0.2, 0.25) is 0 Å². The number of hydrogen-bond donors (Lipinski definition) is 2. The first-order chi connectivity index (χ1) is 10.2. The van der Waals surface area contributed by atoms with Gasteiger partial charge in [-0.3, -0.25) is 4.79 Å². The fourth-order valence-electron chi connectivity index (χ4n) is 4.52. The van der Waals surface area contributed by atoms with E-state index < -0.39 is 23.4 Å². The molecular weight excluding hydrogens is 284 g/mol. The Bertz CT molecular complexity index is 518. The molecule has 0 bridgehead atoms. The largest absolute Gasteiger partial charge is 0.488 e. The van der Waals surface area contributed by atoms with E-state index in [-0.39, 0.29) is 24.0 Å². The number of methoxy groups -OCH3 is 1. The van der Waals surface area contributed by atoms with Crippen molar-refractivity contribution >= 4 is 5.78 Å². The molecule has 22 heavy (non-hydrogen) atoms. The van der Waals surface area contributed by atoms with Gasteiger partial charge in [0, 0.05) is 25.0 Å². The molecule has 2 N–H and O–H groups in total. The number of Topliss-reactive ketones (excluding diaryl/α,β-unsaturated/α-hetero) is 1. The Kier molecular flexibility index (Phi) is 3.66. The summed E-state index contributed by atoms with van der Waals surface area (Å²) in [5.74, 6) is 0.525. The number of ketones is 1. The van der Waals surface area contributed by atoms with E-state index in [2.05, 4.69) is 0 Å². The molecule has 124 valence electrons. The van der Waals surface area contributed by atoms with Crippen LogP contribution >= 0.6 is 0 Å². The van der Waals surface area contributed by atoms with E-state index in [0.29, 0.717) is 17.8 Å². The lowest BCUT2D eigenvalue weighted by molar-refractivity contribution is -0.137. The molecule has 1 saturated carbocycles. The number of ether oxygens (including phenoxy) is 2. The molecule has 0 aromatic carbocycles. The second kappa shape index (κ2) is 5.05. The van der Waals surface area contributed by atoms with Crippen LogP contribution in [0.3, 0.4) is 0 Å². The molecule has 1 aliphatic heterocycles. The summed E-state index contributed by atoms with van der Waals surface area (Å²) in [5, 5.41) is 20.8. The van der Waals surface area contributed by atoms with Crippen LogP contribution < -0.4 is 0 Å². The molecule has 5 atom stereocenters. The molecular formula is C17H26O5. The van der Waals surface area contributed by atoms with Crippen LogP contribution in [0.5, 0.6) is 0 Å². The molecule has 0 radical (unpaired) electrons. The number of carbonyl (C=O) groups excluding carboxylic acids is 1. The smallest absolute Gasteiger partial charge is 0.191 e. The number of aliphatic hydroxyl groups excluding tert-OH is 1. The highest BCUT2D eigenvalue weighted by atomic mass is 16.5. The van der Waals surface area contributed by atoms with Crippen molar-refractivity contribution in [3.05, 3.63) is 11.3 Å². The molecule has 5 heteroatoms. The Hall–Kier alpha value is -0.910. The third-order valence-corrected chi connectivity index (χ3v) is 5.81. The van der Waals surface area contributed by atoms with Crippen molar-refractivity contribution in [1.82, 2.24) is 0 Å². The van der Waals surface area contributed by atoms with Crippen LogP contribution in [0.1, 0.15) is 46.5 Å². The van der Waals surface area contributed by atoms with Crippen molar-refractivity contribution in [3.63, 3.8) is 0 Å². The Labute approximate surface area is 131 Å². The second-order valence-corrected chi connectivity index (χ2v) is 7.71. The van der Waals surface area contributed by atoms with Crippen molar-refractivity contribution in [3.8, 4) is 0 Å². The quantitative estimate of drug-likeness (QED) is 0.809. The van der Waals surface area contributed by atoms with Crippen molar-refractivity contribution in [2.75, 3.05) is 7.11 Å². The van der Waals surface area contributed by atoms with Crippen molar-refractivity contribution in [1.29, 1.82) is 0 Å². The fourth-order valence-corrected chi connectivity index (χ4v) is 4.52. The Morgan fingerprint density at radius 1 is 1.41 bits per heavy atom. The van der Waals surface area contributed by atoms with E-state index in [4.69, 9.17) is 9.47 Å². The van der Waals surface area contributed by atoms with Gasteiger partial charge in [-0.15, -0.1) is 0 Å². The van der Waals surface area contributed by atoms with E-state index >= 15 is 0 Å². The Balaban J connectivity index is 1.97. The van der Waals surface area contributed by atoms with Gasteiger partial charge in [0.05, 0.1) is 5.60 Å². The van der Waals surface area contributed by atoms with Gasteiger partial charge < -0.3 is 19.7 Å². The molecule has 5 nitrogen and oxygen atoms in total. The number of aliphatic hydroxyl groups is 2. The summed E-state index contributed by atoms with van der Waals surface area (Å²) < 4.78 is 11.3. The molecule has 3 rings (SSSR count). The standard InChI is InChI=1S/C17H26O5/c1-16(2,20)10-5-6-17(3)11(10)7-9-14(19)13(21-4)8-12(18)15(9)22-17/h10-13,18,20H,5-8H2,1-4H3/t10-,11+,12-,13+,17-/m0/s1. The minimum absolute atomic E-state index is 0.0776. The molecule has 0 spiro atoms. The van der Waals surface area contributed by atoms with Crippen molar-refractivity contribution in [2.24, 2.45) is 11.8 Å². The predicted molar refractivity (Wildman–Crippen MR) is 80.1 cm³/mol. The van der Waals surface area contributed by atoms with Crippen LogP contribution in [-0.4, -0.2) is 46.5 Å². The third-order valence-electron chi connectivity index (χ3n) is 5.81. The zero-order valence-electron chi connectivity index (χ0n) is 13.8. The monoisotopic (exact) mass is 310 g/mol. The summed E-state index contributed by atoms with van der Waals surface area (Å²) >= 11 is 0. The topological polar surface area (TPSA) is 76.0 Å². The van der Waals surface area contributed by atoms with Gasteiger partial charge >= 0.3 is 0 Å². The fraction of sp³-hybridized carbons (Fsp3) is 0.824. The van der Waals surface area contributed by atoms with E-state index in [0.717, 1.165) is 12.8 Å². The van der Waals surface area contributed by atoms with E-state index in [1.54, 1.807) is 0 Å². The summed E-state index contributed by atoms with van der Waals surface area (Å²) in [5.41, 5.74) is -0.657. The van der Waals surface area contributed by atoms with E-state index in [9.17, 15) is 15.0 Å². The summed E-state index contributed by atoms with van der Waals surface area (Å²) in [6.07, 6.45) is 1.13. The zero-order chi connectivity index (χ0) is 16.3. The van der Waals surface area contributed by atoms with Gasteiger partial charge in [0.1, 0.15) is 23.6 Å². The second-order valence-electron chi connectivity index (χ2n) is 7.71.